The summed E-state index contributed by atoms with van der Waals surface area (Å²) in [5.41, 5.74) is 2.54. The standard InChI is InChI=1S/C22H25ClN4O2/c23-17-6-7-19-20(14-17)27(12-13-28)21(25-19)15-26-10-8-18(9-11-26)24-22(29)16-4-2-1-3-5-16/h1-7,14,18,28H,8-13,15H2,(H,24,29). The van der Waals surface area contributed by atoms with Gasteiger partial charge in [-0.1, -0.05) is 29.8 Å². The van der Waals surface area contributed by atoms with Crippen LogP contribution in [0.15, 0.2) is 48.5 Å². The molecular formula is C22H25ClN4O2. The lowest BCUT2D eigenvalue weighted by Gasteiger charge is -2.32. The first kappa shape index (κ1) is 19.9. The van der Waals surface area contributed by atoms with Gasteiger partial charge in [-0.05, 0) is 43.2 Å². The molecule has 7 heteroatoms. The zero-order valence-electron chi connectivity index (χ0n) is 16.2. The molecule has 1 aliphatic heterocycles. The van der Waals surface area contributed by atoms with E-state index in [1.54, 1.807) is 0 Å². The summed E-state index contributed by atoms with van der Waals surface area (Å²) in [6, 6.07) is 15.2. The molecule has 3 aromatic rings. The number of nitrogens with one attached hydrogen (secondary N) is 1. The number of aliphatic hydroxyl groups excluding tert-OH is 1. The molecule has 152 valence electrons. The number of amides is 1. The summed E-state index contributed by atoms with van der Waals surface area (Å²) in [7, 11) is 0. The number of hydrogen-bond donors (Lipinski definition) is 2. The predicted molar refractivity (Wildman–Crippen MR) is 114 cm³/mol. The van der Waals surface area contributed by atoms with E-state index in [4.69, 9.17) is 16.6 Å². The molecule has 2 N–H and O–H groups in total. The second kappa shape index (κ2) is 8.95. The molecule has 1 amide bonds. The Morgan fingerprint density at radius 3 is 2.66 bits per heavy atom. The molecular weight excluding hydrogens is 388 g/mol. The van der Waals surface area contributed by atoms with Crippen molar-refractivity contribution in [2.45, 2.75) is 32.0 Å². The Bertz CT molecular complexity index is 981. The third-order valence-electron chi connectivity index (χ3n) is 5.44. The Morgan fingerprint density at radius 2 is 1.93 bits per heavy atom. The average Bonchev–Trinajstić information content (AvgIpc) is 3.07. The van der Waals surface area contributed by atoms with Crippen molar-refractivity contribution in [3.8, 4) is 0 Å². The average molecular weight is 413 g/mol. The second-order valence-electron chi connectivity index (χ2n) is 7.43. The zero-order valence-corrected chi connectivity index (χ0v) is 17.0. The lowest BCUT2D eigenvalue weighted by molar-refractivity contribution is 0.0907. The van der Waals surface area contributed by atoms with E-state index >= 15 is 0 Å². The van der Waals surface area contributed by atoms with Crippen LogP contribution in [0, 0.1) is 0 Å². The van der Waals surface area contributed by atoms with Crippen LogP contribution in [0.3, 0.4) is 0 Å². The highest BCUT2D eigenvalue weighted by atomic mass is 35.5. The van der Waals surface area contributed by atoms with Crippen molar-refractivity contribution >= 4 is 28.5 Å². The van der Waals surface area contributed by atoms with Gasteiger partial charge in [-0.3, -0.25) is 9.69 Å². The molecule has 29 heavy (non-hydrogen) atoms. The Labute approximate surface area is 175 Å². The SMILES string of the molecule is O=C(NC1CCN(Cc2nc3ccc(Cl)cc3n2CCO)CC1)c1ccccc1. The number of carbonyl (C=O) groups is 1. The molecule has 0 aliphatic carbocycles. The number of fused-ring (bicyclic) bond motifs is 1. The summed E-state index contributed by atoms with van der Waals surface area (Å²) in [5.74, 6) is 0.925. The quantitative estimate of drug-likeness (QED) is 0.652. The molecule has 2 aromatic carbocycles. The van der Waals surface area contributed by atoms with Crippen molar-refractivity contribution in [2.75, 3.05) is 19.7 Å². The third-order valence-corrected chi connectivity index (χ3v) is 5.67. The van der Waals surface area contributed by atoms with Gasteiger partial charge in [0, 0.05) is 36.3 Å². The maximum absolute atomic E-state index is 12.4. The van der Waals surface area contributed by atoms with Crippen LogP contribution in [0.1, 0.15) is 29.0 Å². The van der Waals surface area contributed by atoms with Gasteiger partial charge < -0.3 is 15.0 Å². The summed E-state index contributed by atoms with van der Waals surface area (Å²) >= 11 is 6.15. The van der Waals surface area contributed by atoms with Gasteiger partial charge in [0.15, 0.2) is 0 Å². The lowest BCUT2D eigenvalue weighted by Crippen LogP contribution is -2.44. The molecule has 0 bridgehead atoms. The van der Waals surface area contributed by atoms with Crippen LogP contribution in [-0.2, 0) is 13.1 Å². The number of halogens is 1. The Balaban J connectivity index is 1.38. The number of hydrogen-bond acceptors (Lipinski definition) is 4. The van der Waals surface area contributed by atoms with Gasteiger partial charge in [-0.2, -0.15) is 0 Å². The minimum atomic E-state index is -0.00864. The number of piperidine rings is 1. The van der Waals surface area contributed by atoms with Crippen LogP contribution in [-0.4, -0.2) is 51.2 Å². The van der Waals surface area contributed by atoms with Gasteiger partial charge in [0.1, 0.15) is 5.82 Å². The van der Waals surface area contributed by atoms with E-state index in [9.17, 15) is 9.90 Å². The summed E-state index contributed by atoms with van der Waals surface area (Å²) in [4.78, 5) is 19.5. The first-order valence-electron chi connectivity index (χ1n) is 9.98. The molecule has 1 saturated heterocycles. The maximum Gasteiger partial charge on any atom is 0.251 e. The van der Waals surface area contributed by atoms with Gasteiger partial charge in [-0.25, -0.2) is 4.98 Å². The van der Waals surface area contributed by atoms with E-state index in [1.165, 1.54) is 0 Å². The van der Waals surface area contributed by atoms with Gasteiger partial charge >= 0.3 is 0 Å². The van der Waals surface area contributed by atoms with Crippen LogP contribution < -0.4 is 5.32 Å². The maximum atomic E-state index is 12.4. The van der Waals surface area contributed by atoms with Crippen molar-refractivity contribution < 1.29 is 9.90 Å². The first-order valence-corrected chi connectivity index (χ1v) is 10.4. The predicted octanol–water partition coefficient (Wildman–Crippen LogP) is 3.08. The summed E-state index contributed by atoms with van der Waals surface area (Å²) in [5, 5.41) is 13.3. The van der Waals surface area contributed by atoms with E-state index in [0.29, 0.717) is 23.7 Å². The molecule has 1 aliphatic rings. The summed E-state index contributed by atoms with van der Waals surface area (Å²) in [6.07, 6.45) is 1.81. The molecule has 0 atom stereocenters. The molecule has 2 heterocycles. The highest BCUT2D eigenvalue weighted by molar-refractivity contribution is 6.31. The fourth-order valence-corrected chi connectivity index (χ4v) is 4.08. The highest BCUT2D eigenvalue weighted by Gasteiger charge is 2.23. The molecule has 0 radical (unpaired) electrons. The number of imidazole rings is 1. The normalized spacial score (nSPS) is 15.7. The van der Waals surface area contributed by atoms with Gasteiger partial charge in [0.2, 0.25) is 0 Å². The molecule has 0 saturated carbocycles. The molecule has 1 aromatic heterocycles. The number of carbonyl (C=O) groups excluding carboxylic acids is 1. The molecule has 1 fully saturated rings. The molecule has 0 unspecified atom stereocenters. The lowest BCUT2D eigenvalue weighted by atomic mass is 10.0. The largest absolute Gasteiger partial charge is 0.395 e. The third kappa shape index (κ3) is 4.61. The fraction of sp³-hybridized carbons (Fsp3) is 0.364. The molecule has 0 spiro atoms. The van der Waals surface area contributed by atoms with Crippen LogP contribution in [0.5, 0.6) is 0 Å². The number of aromatic nitrogens is 2. The van der Waals surface area contributed by atoms with Crippen molar-refractivity contribution in [1.82, 2.24) is 19.8 Å². The first-order chi connectivity index (χ1) is 14.1. The van der Waals surface area contributed by atoms with E-state index in [0.717, 1.165) is 42.8 Å². The molecule has 4 rings (SSSR count). The Morgan fingerprint density at radius 1 is 1.17 bits per heavy atom. The number of benzene rings is 2. The Kier molecular flexibility index (Phi) is 6.13. The van der Waals surface area contributed by atoms with Crippen LogP contribution in [0.4, 0.5) is 0 Å². The minimum Gasteiger partial charge on any atom is -0.395 e. The number of aliphatic hydroxyl groups is 1. The highest BCUT2D eigenvalue weighted by Crippen LogP contribution is 2.22. The zero-order chi connectivity index (χ0) is 20.2. The molecule has 6 nitrogen and oxygen atoms in total. The smallest absolute Gasteiger partial charge is 0.251 e. The number of likely N-dealkylation sites (tertiary alicyclic amines) is 1. The fourth-order valence-electron chi connectivity index (χ4n) is 3.91. The van der Waals surface area contributed by atoms with E-state index in [2.05, 4.69) is 10.2 Å². The van der Waals surface area contributed by atoms with Gasteiger partial charge in [-0.15, -0.1) is 0 Å². The minimum absolute atomic E-state index is 0.00864. The monoisotopic (exact) mass is 412 g/mol. The second-order valence-corrected chi connectivity index (χ2v) is 7.86. The van der Waals surface area contributed by atoms with Crippen LogP contribution >= 0.6 is 11.6 Å². The summed E-state index contributed by atoms with van der Waals surface area (Å²) in [6.45, 7) is 3.05. The number of nitrogens with zero attached hydrogens (tertiary/aromatic N) is 3. The van der Waals surface area contributed by atoms with E-state index in [1.807, 2.05) is 53.1 Å². The van der Waals surface area contributed by atoms with Crippen LogP contribution in [0.2, 0.25) is 5.02 Å². The Hall–Kier alpha value is -2.41. The van der Waals surface area contributed by atoms with E-state index in [-0.39, 0.29) is 18.6 Å². The van der Waals surface area contributed by atoms with Gasteiger partial charge in [0.05, 0.1) is 24.2 Å². The topological polar surface area (TPSA) is 70.4 Å². The van der Waals surface area contributed by atoms with Crippen molar-refractivity contribution in [1.29, 1.82) is 0 Å². The van der Waals surface area contributed by atoms with Crippen LogP contribution in [0.25, 0.3) is 11.0 Å². The van der Waals surface area contributed by atoms with Crippen molar-refractivity contribution in [3.05, 3.63) is 64.9 Å². The summed E-state index contributed by atoms with van der Waals surface area (Å²) < 4.78 is 2.05. The van der Waals surface area contributed by atoms with E-state index < -0.39 is 0 Å². The van der Waals surface area contributed by atoms with Gasteiger partial charge in [0.25, 0.3) is 5.91 Å². The van der Waals surface area contributed by atoms with Crippen molar-refractivity contribution in [3.63, 3.8) is 0 Å². The number of rotatable bonds is 6. The van der Waals surface area contributed by atoms with Crippen molar-refractivity contribution in [2.24, 2.45) is 0 Å².